The predicted octanol–water partition coefficient (Wildman–Crippen LogP) is 7.04. The van der Waals surface area contributed by atoms with Crippen molar-refractivity contribution in [3.63, 3.8) is 0 Å². The summed E-state index contributed by atoms with van der Waals surface area (Å²) in [5.74, 6) is -1.82. The zero-order valence-corrected chi connectivity index (χ0v) is 33.6. The van der Waals surface area contributed by atoms with Crippen LogP contribution >= 0.6 is 23.1 Å². The molecule has 300 valence electrons. The maximum atomic E-state index is 14.3. The lowest BCUT2D eigenvalue weighted by molar-refractivity contribution is -0.169. The molecule has 1 saturated carbocycles. The maximum absolute atomic E-state index is 14.3. The fourth-order valence-electron chi connectivity index (χ4n) is 7.28. The number of hydrogen-bond donors (Lipinski definition) is 2. The summed E-state index contributed by atoms with van der Waals surface area (Å²) in [6.07, 6.45) is 5.55. The molecule has 13 nitrogen and oxygen atoms in total. The van der Waals surface area contributed by atoms with Crippen LogP contribution in [0.5, 0.6) is 0 Å². The lowest BCUT2D eigenvalue weighted by Crippen LogP contribution is -2.71. The van der Waals surface area contributed by atoms with E-state index in [1.807, 2.05) is 91.0 Å². The molecule has 3 heterocycles. The number of carbonyl (C=O) groups excluding carboxylic acids is 4. The molecular weight excluding hydrogens is 779 g/mol. The number of ether oxygens (including phenoxy) is 3. The van der Waals surface area contributed by atoms with Crippen LogP contribution in [0.15, 0.2) is 125 Å². The molecule has 3 N–H and O–H groups in total. The Morgan fingerprint density at radius 3 is 2.09 bits per heavy atom. The Bertz CT molecular complexity index is 2110. The predicted molar refractivity (Wildman–Crippen MR) is 220 cm³/mol. The van der Waals surface area contributed by atoms with Crippen molar-refractivity contribution in [3.8, 4) is 0 Å². The number of benzene rings is 3. The third-order valence-corrected chi connectivity index (χ3v) is 12.0. The molecule has 1 aliphatic carbocycles. The van der Waals surface area contributed by atoms with Gasteiger partial charge in [0.2, 0.25) is 11.9 Å². The third-order valence-electron chi connectivity index (χ3n) is 9.99. The van der Waals surface area contributed by atoms with Gasteiger partial charge in [-0.05, 0) is 38.2 Å². The third kappa shape index (κ3) is 8.50. The fraction of sp³-hybridized carbons (Fsp3) is 0.302. The number of oxime groups is 1. The van der Waals surface area contributed by atoms with Crippen molar-refractivity contribution in [3.05, 3.63) is 142 Å². The second-order valence-corrected chi connectivity index (χ2v) is 15.8. The van der Waals surface area contributed by atoms with Gasteiger partial charge in [-0.2, -0.15) is 0 Å². The summed E-state index contributed by atoms with van der Waals surface area (Å²) < 4.78 is 16.2. The van der Waals surface area contributed by atoms with E-state index in [0.29, 0.717) is 11.3 Å². The number of fused-ring (bicyclic) bond motifs is 1. The van der Waals surface area contributed by atoms with E-state index in [9.17, 15) is 19.2 Å². The highest BCUT2D eigenvalue weighted by Crippen LogP contribution is 2.43. The standard InChI is InChI=1S/C43H43N5O8S2/c1-3-16-28-25-57-39-35(38(50)48(39)36(28)40(51)53-27(2)54-42(52)55-32-23-14-7-15-24-32)46-37(49)34(33-26-58-41(44)45-33)47-56-43(29-17-8-4-9-18-29,30-19-10-5-11-20-30)31-21-12-6-13-22-31/h3-6,8-13,16-22,26-27,32,35,39H,7,14-15,23-25H2,1-2H3,(H2,44,45)(H,46,49)/b16-3-,47-34+/t27?,35?,39-/m1/s1. The van der Waals surface area contributed by atoms with Gasteiger partial charge in [0, 0.05) is 34.7 Å². The minimum absolute atomic E-state index is 0.00341. The second-order valence-electron chi connectivity index (χ2n) is 13.8. The number of amides is 2. The first-order valence-corrected chi connectivity index (χ1v) is 21.0. The van der Waals surface area contributed by atoms with Crippen molar-refractivity contribution in [2.45, 2.75) is 75.4 Å². The molecule has 3 atom stereocenters. The van der Waals surface area contributed by atoms with Crippen LogP contribution in [0.2, 0.25) is 0 Å². The molecule has 2 aliphatic heterocycles. The van der Waals surface area contributed by atoms with E-state index >= 15 is 0 Å². The number of carbonyl (C=O) groups is 4. The van der Waals surface area contributed by atoms with Gasteiger partial charge in [0.15, 0.2) is 10.8 Å². The van der Waals surface area contributed by atoms with Gasteiger partial charge in [0.05, 0.1) is 0 Å². The molecule has 15 heteroatoms. The van der Waals surface area contributed by atoms with Crippen molar-refractivity contribution in [1.29, 1.82) is 0 Å². The molecule has 0 spiro atoms. The van der Waals surface area contributed by atoms with Crippen LogP contribution in [0.25, 0.3) is 0 Å². The maximum Gasteiger partial charge on any atom is 0.511 e. The van der Waals surface area contributed by atoms with Crippen molar-refractivity contribution in [1.82, 2.24) is 15.2 Å². The van der Waals surface area contributed by atoms with Crippen molar-refractivity contribution < 1.29 is 38.2 Å². The highest BCUT2D eigenvalue weighted by Gasteiger charge is 2.55. The summed E-state index contributed by atoms with van der Waals surface area (Å²) in [6.45, 7) is 3.19. The van der Waals surface area contributed by atoms with E-state index in [1.165, 1.54) is 23.6 Å². The minimum Gasteiger partial charge on any atom is -0.431 e. The Labute approximate surface area is 344 Å². The number of aromatic nitrogens is 1. The average molecular weight is 822 g/mol. The Kier molecular flexibility index (Phi) is 12.6. The van der Waals surface area contributed by atoms with Crippen LogP contribution in [-0.2, 0) is 39.0 Å². The normalized spacial score (nSPS) is 19.2. The van der Waals surface area contributed by atoms with Crippen LogP contribution in [0, 0.1) is 0 Å². The molecule has 2 amide bonds. The Balaban J connectivity index is 1.14. The highest BCUT2D eigenvalue weighted by molar-refractivity contribution is 8.00. The van der Waals surface area contributed by atoms with Crippen LogP contribution in [-0.4, -0.2) is 69.1 Å². The minimum atomic E-state index is -1.31. The molecule has 2 fully saturated rings. The molecule has 7 rings (SSSR count). The molecule has 3 aromatic carbocycles. The van der Waals surface area contributed by atoms with Crippen LogP contribution < -0.4 is 11.1 Å². The van der Waals surface area contributed by atoms with E-state index in [4.69, 9.17) is 24.8 Å². The van der Waals surface area contributed by atoms with Gasteiger partial charge in [-0.25, -0.2) is 14.6 Å². The largest absolute Gasteiger partial charge is 0.511 e. The molecule has 4 aromatic rings. The molecule has 1 aromatic heterocycles. The molecule has 0 bridgehead atoms. The number of allylic oxidation sites excluding steroid dienone is 2. The number of β-lactam (4-membered cyclic amide) rings is 1. The summed E-state index contributed by atoms with van der Waals surface area (Å²) in [6, 6.07) is 27.6. The summed E-state index contributed by atoms with van der Waals surface area (Å²) >= 11 is 2.49. The summed E-state index contributed by atoms with van der Waals surface area (Å²) in [4.78, 5) is 66.7. The summed E-state index contributed by atoms with van der Waals surface area (Å²) in [7, 11) is 0. The lowest BCUT2D eigenvalue weighted by Gasteiger charge is -2.49. The van der Waals surface area contributed by atoms with Gasteiger partial charge >= 0.3 is 12.1 Å². The van der Waals surface area contributed by atoms with E-state index in [-0.39, 0.29) is 28.3 Å². The molecule has 1 saturated heterocycles. The van der Waals surface area contributed by atoms with Crippen LogP contribution in [0.3, 0.4) is 0 Å². The number of nitrogens with zero attached hydrogens (tertiary/aromatic N) is 3. The zero-order valence-electron chi connectivity index (χ0n) is 31.9. The first kappa shape index (κ1) is 40.3. The van der Waals surface area contributed by atoms with E-state index in [1.54, 1.807) is 24.5 Å². The van der Waals surface area contributed by atoms with Gasteiger partial charge < -0.3 is 30.1 Å². The number of nitrogens with two attached hydrogens (primary N) is 1. The topological polar surface area (TPSA) is 172 Å². The van der Waals surface area contributed by atoms with Gasteiger partial charge in [-0.1, -0.05) is 115 Å². The molecular formula is C43H43N5O8S2. The summed E-state index contributed by atoms with van der Waals surface area (Å²) in [5, 5.41) is 8.49. The Morgan fingerprint density at radius 2 is 1.53 bits per heavy atom. The fourth-order valence-corrected chi connectivity index (χ4v) is 9.14. The van der Waals surface area contributed by atoms with Crippen molar-refractivity contribution in [2.24, 2.45) is 5.16 Å². The SMILES string of the molecule is C/C=C\C1=C(C(=O)OC(C)OC(=O)OC2CCCCC2)N2C(=O)C(NC(=O)/C(=N/OC(c3ccccc3)(c3ccccc3)c3ccccc3)c3csc(N)n3)[C@H]2SC1. The summed E-state index contributed by atoms with van der Waals surface area (Å²) in [5.41, 5.74) is 7.46. The highest BCUT2D eigenvalue weighted by atomic mass is 32.2. The van der Waals surface area contributed by atoms with Crippen molar-refractivity contribution >= 4 is 57.9 Å². The number of anilines is 1. The number of thiazole rings is 1. The van der Waals surface area contributed by atoms with Crippen LogP contribution in [0.4, 0.5) is 9.93 Å². The van der Waals surface area contributed by atoms with Gasteiger partial charge in [0.25, 0.3) is 11.8 Å². The number of rotatable bonds is 13. The number of thioether (sulfide) groups is 1. The zero-order chi connectivity index (χ0) is 40.6. The van der Waals surface area contributed by atoms with Crippen molar-refractivity contribution in [2.75, 3.05) is 11.5 Å². The quantitative estimate of drug-likeness (QED) is 0.0354. The number of hydrogen-bond acceptors (Lipinski definition) is 13. The molecule has 2 unspecified atom stereocenters. The smallest absolute Gasteiger partial charge is 0.431 e. The number of nitrogen functional groups attached to an aromatic ring is 1. The Morgan fingerprint density at radius 1 is 0.931 bits per heavy atom. The van der Waals surface area contributed by atoms with Gasteiger partial charge in [0.1, 0.15) is 28.9 Å². The molecule has 3 aliphatic rings. The monoisotopic (exact) mass is 821 g/mol. The second kappa shape index (κ2) is 18.1. The Hall–Kier alpha value is -5.93. The lowest BCUT2D eigenvalue weighted by atomic mass is 9.80. The molecule has 58 heavy (non-hydrogen) atoms. The number of esters is 1. The molecule has 0 radical (unpaired) electrons. The first-order valence-electron chi connectivity index (χ1n) is 19.0. The van der Waals surface area contributed by atoms with E-state index in [2.05, 4.69) is 15.5 Å². The first-order chi connectivity index (χ1) is 28.2. The van der Waals surface area contributed by atoms with E-state index in [0.717, 1.165) is 60.1 Å². The average Bonchev–Trinajstić information content (AvgIpc) is 3.68. The van der Waals surface area contributed by atoms with Gasteiger partial charge in [-0.3, -0.25) is 14.5 Å². The number of nitrogens with one attached hydrogen (secondary N) is 1. The van der Waals surface area contributed by atoms with Gasteiger partial charge in [-0.15, -0.1) is 23.1 Å². The van der Waals surface area contributed by atoms with E-state index < -0.39 is 47.2 Å². The van der Waals surface area contributed by atoms with Crippen LogP contribution in [0.1, 0.15) is 68.3 Å².